The van der Waals surface area contributed by atoms with Gasteiger partial charge in [0.25, 0.3) is 0 Å². The number of rotatable bonds is 2. The lowest BCUT2D eigenvalue weighted by atomic mass is 9.91. The van der Waals surface area contributed by atoms with Gasteiger partial charge in [0.1, 0.15) is 0 Å². The van der Waals surface area contributed by atoms with Gasteiger partial charge in [-0.15, -0.1) is 0 Å². The molecule has 0 unspecified atom stereocenters. The minimum Gasteiger partial charge on any atom is -0.408 e. The van der Waals surface area contributed by atoms with Crippen molar-refractivity contribution in [3.05, 3.63) is 28.7 Å². The molecule has 0 spiro atoms. The number of anilines is 1. The lowest BCUT2D eigenvalue weighted by molar-refractivity contribution is -0.133. The summed E-state index contributed by atoms with van der Waals surface area (Å²) in [5.41, 5.74) is 2.33. The van der Waals surface area contributed by atoms with Crippen LogP contribution in [0.1, 0.15) is 27.2 Å². The molecule has 1 N–H and O–H groups in total. The fourth-order valence-corrected chi connectivity index (χ4v) is 2.92. The zero-order valence-electron chi connectivity index (χ0n) is 13.9. The molecule has 23 heavy (non-hydrogen) atoms. The number of hydrogen-bond acceptors (Lipinski definition) is 4. The first-order valence-corrected chi connectivity index (χ1v) is 7.97. The normalized spacial score (nSPS) is 16.1. The van der Waals surface area contributed by atoms with E-state index in [0.29, 0.717) is 17.5 Å². The van der Waals surface area contributed by atoms with Crippen molar-refractivity contribution in [2.75, 3.05) is 31.1 Å². The summed E-state index contributed by atoms with van der Waals surface area (Å²) in [6, 6.07) is 5.68. The zero-order chi connectivity index (χ0) is 16.6. The summed E-state index contributed by atoms with van der Waals surface area (Å²) >= 11 is 0. The number of aromatic amines is 1. The molecular formula is C17H23N3O3. The number of carbonyl (C=O) groups is 1. The van der Waals surface area contributed by atoms with Gasteiger partial charge in [-0.05, 0) is 23.6 Å². The molecule has 1 saturated heterocycles. The SMILES string of the molecule is CC(C)(C)CC(=O)N1CCN(c2ccc3oc(=O)[nH]c3c2)CC1. The van der Waals surface area contributed by atoms with Crippen LogP contribution < -0.4 is 10.7 Å². The molecule has 1 amide bonds. The van der Waals surface area contributed by atoms with Crippen LogP contribution in [0.15, 0.2) is 27.4 Å². The highest BCUT2D eigenvalue weighted by Gasteiger charge is 2.25. The number of fused-ring (bicyclic) bond motifs is 1. The number of piperazine rings is 1. The van der Waals surface area contributed by atoms with E-state index in [1.54, 1.807) is 6.07 Å². The van der Waals surface area contributed by atoms with Gasteiger partial charge in [-0.1, -0.05) is 20.8 Å². The van der Waals surface area contributed by atoms with Crippen molar-refractivity contribution in [3.63, 3.8) is 0 Å². The summed E-state index contributed by atoms with van der Waals surface area (Å²) < 4.78 is 5.02. The van der Waals surface area contributed by atoms with Gasteiger partial charge in [0.05, 0.1) is 5.52 Å². The molecule has 1 aliphatic heterocycles. The number of carbonyl (C=O) groups excluding carboxylic acids is 1. The van der Waals surface area contributed by atoms with E-state index in [4.69, 9.17) is 4.42 Å². The molecule has 124 valence electrons. The van der Waals surface area contributed by atoms with Crippen LogP contribution in [0, 0.1) is 5.41 Å². The van der Waals surface area contributed by atoms with E-state index in [2.05, 4.69) is 30.7 Å². The van der Waals surface area contributed by atoms with Gasteiger partial charge in [0, 0.05) is 38.3 Å². The van der Waals surface area contributed by atoms with Crippen LogP contribution in [0.4, 0.5) is 5.69 Å². The highest BCUT2D eigenvalue weighted by molar-refractivity contribution is 5.78. The Kier molecular flexibility index (Phi) is 3.92. The predicted octanol–water partition coefficient (Wildman–Crippen LogP) is 2.21. The zero-order valence-corrected chi connectivity index (χ0v) is 13.9. The third kappa shape index (κ3) is 3.57. The molecule has 1 fully saturated rings. The molecule has 1 aliphatic rings. The first kappa shape index (κ1) is 15.6. The van der Waals surface area contributed by atoms with E-state index in [0.717, 1.165) is 31.9 Å². The highest BCUT2D eigenvalue weighted by Crippen LogP contribution is 2.23. The summed E-state index contributed by atoms with van der Waals surface area (Å²) in [5.74, 6) is -0.207. The number of H-pyrrole nitrogens is 1. The van der Waals surface area contributed by atoms with Gasteiger partial charge in [-0.3, -0.25) is 9.78 Å². The van der Waals surface area contributed by atoms with Crippen LogP contribution in [0.25, 0.3) is 11.1 Å². The Labute approximate surface area is 135 Å². The number of oxazole rings is 1. The van der Waals surface area contributed by atoms with Gasteiger partial charge in [0.15, 0.2) is 5.58 Å². The molecule has 0 atom stereocenters. The van der Waals surface area contributed by atoms with E-state index >= 15 is 0 Å². The molecule has 0 bridgehead atoms. The fraction of sp³-hybridized carbons (Fsp3) is 0.529. The molecule has 6 nitrogen and oxygen atoms in total. The molecular weight excluding hydrogens is 294 g/mol. The Balaban J connectivity index is 1.65. The smallest absolute Gasteiger partial charge is 0.408 e. The van der Waals surface area contributed by atoms with Crippen molar-refractivity contribution < 1.29 is 9.21 Å². The second-order valence-electron chi connectivity index (χ2n) is 7.30. The van der Waals surface area contributed by atoms with Crippen LogP contribution in [-0.4, -0.2) is 42.0 Å². The van der Waals surface area contributed by atoms with E-state index in [1.165, 1.54) is 0 Å². The first-order valence-electron chi connectivity index (χ1n) is 7.97. The Morgan fingerprint density at radius 3 is 2.57 bits per heavy atom. The first-order chi connectivity index (χ1) is 10.8. The van der Waals surface area contributed by atoms with Crippen molar-refractivity contribution in [2.24, 2.45) is 5.41 Å². The molecule has 3 rings (SSSR count). The van der Waals surface area contributed by atoms with Gasteiger partial charge in [-0.25, -0.2) is 4.79 Å². The van der Waals surface area contributed by atoms with Crippen LogP contribution in [-0.2, 0) is 4.79 Å². The number of hydrogen-bond donors (Lipinski definition) is 1. The number of nitrogens with one attached hydrogen (secondary N) is 1. The maximum Gasteiger partial charge on any atom is 0.417 e. The van der Waals surface area contributed by atoms with Gasteiger partial charge >= 0.3 is 5.76 Å². The number of benzene rings is 1. The van der Waals surface area contributed by atoms with Crippen molar-refractivity contribution in [1.29, 1.82) is 0 Å². The average molecular weight is 317 g/mol. The molecule has 2 aromatic rings. The minimum atomic E-state index is -0.435. The molecule has 0 radical (unpaired) electrons. The maximum absolute atomic E-state index is 12.3. The lowest BCUT2D eigenvalue weighted by Gasteiger charge is -2.37. The summed E-state index contributed by atoms with van der Waals surface area (Å²) in [6.45, 7) is 9.31. The molecule has 6 heteroatoms. The number of amides is 1. The quantitative estimate of drug-likeness (QED) is 0.922. The average Bonchev–Trinajstić information content (AvgIpc) is 2.84. The maximum atomic E-state index is 12.3. The molecule has 0 aliphatic carbocycles. The third-order valence-electron chi connectivity index (χ3n) is 4.08. The monoisotopic (exact) mass is 317 g/mol. The summed E-state index contributed by atoms with van der Waals surface area (Å²) in [5, 5.41) is 0. The van der Waals surface area contributed by atoms with Gasteiger partial charge in [0.2, 0.25) is 5.91 Å². The molecule has 0 saturated carbocycles. The van der Waals surface area contributed by atoms with E-state index in [1.807, 2.05) is 17.0 Å². The molecule has 2 heterocycles. The largest absolute Gasteiger partial charge is 0.417 e. The van der Waals surface area contributed by atoms with Gasteiger partial charge in [-0.2, -0.15) is 0 Å². The van der Waals surface area contributed by atoms with E-state index < -0.39 is 5.76 Å². The Morgan fingerprint density at radius 2 is 1.91 bits per heavy atom. The number of nitrogens with zero attached hydrogens (tertiary/aromatic N) is 2. The standard InChI is InChI=1S/C17H23N3O3/c1-17(2,3)11-15(21)20-8-6-19(7-9-20)12-4-5-14-13(10-12)18-16(22)23-14/h4-5,10H,6-9,11H2,1-3H3,(H,18,22). The lowest BCUT2D eigenvalue weighted by Crippen LogP contribution is -2.49. The summed E-state index contributed by atoms with van der Waals surface area (Å²) in [6.07, 6.45) is 0.579. The topological polar surface area (TPSA) is 69.6 Å². The van der Waals surface area contributed by atoms with Crippen molar-refractivity contribution in [3.8, 4) is 0 Å². The van der Waals surface area contributed by atoms with Crippen molar-refractivity contribution in [1.82, 2.24) is 9.88 Å². The molecule has 1 aromatic heterocycles. The van der Waals surface area contributed by atoms with Crippen LogP contribution in [0.5, 0.6) is 0 Å². The highest BCUT2D eigenvalue weighted by atomic mass is 16.4. The predicted molar refractivity (Wildman–Crippen MR) is 89.7 cm³/mol. The second-order valence-corrected chi connectivity index (χ2v) is 7.30. The van der Waals surface area contributed by atoms with E-state index in [9.17, 15) is 9.59 Å². The molecule has 1 aromatic carbocycles. The summed E-state index contributed by atoms with van der Waals surface area (Å²) in [4.78, 5) is 30.4. The Hall–Kier alpha value is -2.24. The van der Waals surface area contributed by atoms with Crippen LogP contribution in [0.3, 0.4) is 0 Å². The van der Waals surface area contributed by atoms with E-state index in [-0.39, 0.29) is 11.3 Å². The third-order valence-corrected chi connectivity index (χ3v) is 4.08. The van der Waals surface area contributed by atoms with Crippen molar-refractivity contribution >= 4 is 22.7 Å². The fourth-order valence-electron chi connectivity index (χ4n) is 2.92. The number of aromatic nitrogens is 1. The second kappa shape index (κ2) is 5.76. The van der Waals surface area contributed by atoms with Crippen molar-refractivity contribution in [2.45, 2.75) is 27.2 Å². The van der Waals surface area contributed by atoms with Gasteiger partial charge < -0.3 is 14.2 Å². The Morgan fingerprint density at radius 1 is 1.22 bits per heavy atom. The Bertz CT molecular complexity index is 761. The van der Waals surface area contributed by atoms with Crippen LogP contribution in [0.2, 0.25) is 0 Å². The minimum absolute atomic E-state index is 0.0202. The summed E-state index contributed by atoms with van der Waals surface area (Å²) in [7, 11) is 0. The van der Waals surface area contributed by atoms with Crippen LogP contribution >= 0.6 is 0 Å².